The molecule has 5 nitrogen and oxygen atoms in total. The van der Waals surface area contributed by atoms with Gasteiger partial charge in [-0.05, 0) is 0 Å². The van der Waals surface area contributed by atoms with E-state index in [1.807, 2.05) is 0 Å². The first kappa shape index (κ1) is 21.4. The zero-order valence-corrected chi connectivity index (χ0v) is 17.9. The molecule has 1 aromatic rings. The van der Waals surface area contributed by atoms with Crippen molar-refractivity contribution in [1.29, 1.82) is 0 Å². The second-order valence-electron chi connectivity index (χ2n) is 6.80. The molecule has 0 bridgehead atoms. The number of nitrogens with one attached hydrogen (secondary N) is 1. The van der Waals surface area contributed by atoms with E-state index in [-0.39, 0.29) is 11.8 Å². The number of hydrazone groups is 1. The zero-order valence-electron chi connectivity index (χ0n) is 16.2. The third-order valence-corrected chi connectivity index (χ3v) is 5.08. The Kier molecular flexibility index (Phi) is 8.76. The van der Waals surface area contributed by atoms with Crippen LogP contribution in [0.2, 0.25) is 0 Å². The van der Waals surface area contributed by atoms with Crippen LogP contribution in [-0.2, 0) is 9.59 Å². The Hall–Kier alpha value is -1.91. The van der Waals surface area contributed by atoms with Crippen molar-refractivity contribution in [3.05, 3.63) is 34.8 Å². The van der Waals surface area contributed by atoms with Gasteiger partial charge < -0.3 is 0 Å². The molecule has 1 aliphatic rings. The average Bonchev–Trinajstić information content (AvgIpc) is 2.95. The summed E-state index contributed by atoms with van der Waals surface area (Å²) in [5.74, 6) is -0.115. The van der Waals surface area contributed by atoms with E-state index in [2.05, 4.69) is 33.4 Å². The minimum atomic E-state index is -0.151. The first-order valence-corrected chi connectivity index (χ1v) is 10.7. The molecule has 0 aliphatic carbocycles. The molecule has 1 radical (unpaired) electrons. The Labute approximate surface area is 170 Å². The molecular formula is C21H28N3O2Se. The number of carbonyl (C=O) groups excluding carboxylic acids is 2. The molecule has 2 rings (SSSR count). The maximum atomic E-state index is 12.3. The molecule has 1 N–H and O–H groups in total. The molecular weight excluding hydrogens is 405 g/mol. The first-order chi connectivity index (χ1) is 13.1. The van der Waals surface area contributed by atoms with Crippen molar-refractivity contribution in [2.24, 2.45) is 5.10 Å². The van der Waals surface area contributed by atoms with Gasteiger partial charge in [-0.15, -0.1) is 0 Å². The van der Waals surface area contributed by atoms with Gasteiger partial charge in [0.15, 0.2) is 0 Å². The van der Waals surface area contributed by atoms with Crippen LogP contribution in [0.3, 0.4) is 0 Å². The molecule has 1 aliphatic heterocycles. The molecule has 6 heteroatoms. The van der Waals surface area contributed by atoms with Crippen LogP contribution in [0.5, 0.6) is 0 Å². The molecule has 0 saturated carbocycles. The number of hydrogen-bond donors (Lipinski definition) is 1. The monoisotopic (exact) mass is 434 g/mol. The summed E-state index contributed by atoms with van der Waals surface area (Å²) in [6, 6.07) is 7.19. The molecule has 0 fully saturated rings. The molecule has 0 saturated heterocycles. The molecule has 27 heavy (non-hydrogen) atoms. The van der Waals surface area contributed by atoms with Gasteiger partial charge in [-0.2, -0.15) is 0 Å². The van der Waals surface area contributed by atoms with Crippen molar-refractivity contribution in [1.82, 2.24) is 0 Å². The van der Waals surface area contributed by atoms with Crippen molar-refractivity contribution in [2.75, 3.05) is 10.3 Å². The fourth-order valence-electron chi connectivity index (χ4n) is 2.98. The van der Waals surface area contributed by atoms with Gasteiger partial charge in [-0.3, -0.25) is 0 Å². The van der Waals surface area contributed by atoms with E-state index in [0.29, 0.717) is 23.4 Å². The van der Waals surface area contributed by atoms with Gasteiger partial charge >= 0.3 is 125 Å². The third-order valence-electron chi connectivity index (χ3n) is 4.58. The van der Waals surface area contributed by atoms with Crippen LogP contribution >= 0.6 is 0 Å². The minimum absolute atomic E-state index is 0.0363. The topological polar surface area (TPSA) is 61.8 Å². The van der Waals surface area contributed by atoms with Crippen LogP contribution in [0.15, 0.2) is 39.9 Å². The van der Waals surface area contributed by atoms with E-state index < -0.39 is 0 Å². The van der Waals surface area contributed by atoms with Crippen molar-refractivity contribution < 1.29 is 9.59 Å². The van der Waals surface area contributed by atoms with Crippen LogP contribution in [0.4, 0.5) is 11.4 Å². The van der Waals surface area contributed by atoms with Crippen LogP contribution in [0, 0.1) is 0 Å². The fraction of sp³-hybridized carbons (Fsp3) is 0.476. The van der Waals surface area contributed by atoms with Gasteiger partial charge in [0, 0.05) is 0 Å². The summed E-state index contributed by atoms with van der Waals surface area (Å²) in [5.41, 5.74) is 2.67. The van der Waals surface area contributed by atoms with E-state index in [1.54, 1.807) is 36.2 Å². The Balaban J connectivity index is 1.77. The van der Waals surface area contributed by atoms with Crippen molar-refractivity contribution >= 4 is 44.9 Å². The zero-order chi connectivity index (χ0) is 19.6. The second-order valence-corrected chi connectivity index (χ2v) is 7.29. The number of unbranched alkanes of at least 4 members (excludes halogenated alkanes) is 6. The van der Waals surface area contributed by atoms with Crippen LogP contribution in [0.25, 0.3) is 0 Å². The first-order valence-electron chi connectivity index (χ1n) is 9.69. The quantitative estimate of drug-likeness (QED) is 0.335. The Bertz CT molecular complexity index is 711. The fourth-order valence-corrected chi connectivity index (χ4v) is 3.55. The van der Waals surface area contributed by atoms with Gasteiger partial charge in [0.1, 0.15) is 0 Å². The van der Waals surface area contributed by atoms with E-state index >= 15 is 0 Å². The molecule has 1 aromatic carbocycles. The van der Waals surface area contributed by atoms with Gasteiger partial charge in [-0.25, -0.2) is 0 Å². The summed E-state index contributed by atoms with van der Waals surface area (Å²) in [6.45, 7) is 4.02. The average molecular weight is 433 g/mol. The van der Waals surface area contributed by atoms with E-state index in [0.717, 1.165) is 18.5 Å². The Morgan fingerprint density at radius 3 is 2.33 bits per heavy atom. The molecule has 0 unspecified atom stereocenters. The molecule has 0 spiro atoms. The summed E-state index contributed by atoms with van der Waals surface area (Å²) in [7, 11) is 0. The third kappa shape index (κ3) is 6.33. The van der Waals surface area contributed by atoms with E-state index in [4.69, 9.17) is 0 Å². The second kappa shape index (κ2) is 11.1. The van der Waals surface area contributed by atoms with Crippen molar-refractivity contribution in [2.45, 2.75) is 65.2 Å². The maximum absolute atomic E-state index is 12.3. The summed E-state index contributed by atoms with van der Waals surface area (Å²) in [5, 5.41) is 8.58. The van der Waals surface area contributed by atoms with E-state index in [9.17, 15) is 9.59 Å². The normalized spacial score (nSPS) is 15.3. The number of hydrogen-bond acceptors (Lipinski definition) is 3. The summed E-state index contributed by atoms with van der Waals surface area (Å²) >= 11 is 2.74. The Morgan fingerprint density at radius 2 is 1.74 bits per heavy atom. The number of rotatable bonds is 10. The number of carbonyl (C=O) groups is 2. The van der Waals surface area contributed by atoms with Gasteiger partial charge in [0.05, 0.1) is 0 Å². The summed E-state index contributed by atoms with van der Waals surface area (Å²) < 4.78 is 0. The number of amides is 2. The number of anilines is 2. The number of benzene rings is 1. The Morgan fingerprint density at radius 1 is 1.11 bits per heavy atom. The van der Waals surface area contributed by atoms with Gasteiger partial charge in [0.2, 0.25) is 0 Å². The van der Waals surface area contributed by atoms with Gasteiger partial charge in [-0.1, -0.05) is 45.4 Å². The molecule has 2 amide bonds. The van der Waals surface area contributed by atoms with Crippen molar-refractivity contribution in [3.8, 4) is 0 Å². The predicted octanol–water partition coefficient (Wildman–Crippen LogP) is 4.54. The summed E-state index contributed by atoms with van der Waals surface area (Å²) in [6.07, 6.45) is 8.91. The molecule has 0 aromatic heterocycles. The van der Waals surface area contributed by atoms with Crippen LogP contribution in [0.1, 0.15) is 65.2 Å². The van der Waals surface area contributed by atoms with Crippen molar-refractivity contribution in [3.63, 3.8) is 0 Å². The summed E-state index contributed by atoms with van der Waals surface area (Å²) in [4.78, 5) is 26.0. The molecule has 145 valence electrons. The van der Waals surface area contributed by atoms with E-state index in [1.165, 1.54) is 37.1 Å². The van der Waals surface area contributed by atoms with Crippen LogP contribution < -0.4 is 10.3 Å². The SMILES string of the molecule is CCCCCCCCCC(=O)Nc1ccc(N2N=C(C)/C(=C\[Se])C2=O)cc1. The molecule has 0 atom stereocenters. The molecule has 1 heterocycles. The number of nitrogens with zero attached hydrogens (tertiary/aromatic N) is 2. The predicted molar refractivity (Wildman–Crippen MR) is 112 cm³/mol. The van der Waals surface area contributed by atoms with Crippen LogP contribution in [-0.4, -0.2) is 33.5 Å². The van der Waals surface area contributed by atoms with Gasteiger partial charge in [0.25, 0.3) is 0 Å². The standard InChI is InChI=1S/C21H28N3O2Se/c1-3-4-5-6-7-8-9-10-20(25)22-17-11-13-18(14-12-17)24-21(26)19(15-27)16(2)23-24/h11-15H,3-10H2,1-2H3,(H,22,25)/b19-15+.